The third-order valence-electron chi connectivity index (χ3n) is 3.53. The molecule has 0 radical (unpaired) electrons. The maximum absolute atomic E-state index is 12.5. The summed E-state index contributed by atoms with van der Waals surface area (Å²) in [5.41, 5.74) is 1.83. The lowest BCUT2D eigenvalue weighted by molar-refractivity contribution is 0.0796. The number of likely N-dealkylation sites (N-methyl/N-ethyl adjacent to an activating group) is 1. The van der Waals surface area contributed by atoms with Gasteiger partial charge in [0.15, 0.2) is 0 Å². The molecule has 1 N–H and O–H groups in total. The average molecular weight is 312 g/mol. The lowest BCUT2D eigenvalue weighted by Gasteiger charge is -2.17. The number of carbonyl (C=O) groups is 1. The number of carbonyl (C=O) groups excluding carboxylic acids is 1. The highest BCUT2D eigenvalue weighted by atomic mass is 16.2. The Morgan fingerprint density at radius 2 is 1.96 bits per heavy atom. The van der Waals surface area contributed by atoms with Crippen molar-refractivity contribution < 1.29 is 4.79 Å². The highest BCUT2D eigenvalue weighted by molar-refractivity contribution is 5.94. The maximum Gasteiger partial charge on any atom is 0.253 e. The molecule has 0 aliphatic heterocycles. The fraction of sp³-hybridized carbons (Fsp3) is 0.389. The minimum atomic E-state index is 0.00838. The molecule has 0 unspecified atom stereocenters. The van der Waals surface area contributed by atoms with Crippen molar-refractivity contribution in [1.29, 1.82) is 0 Å². The minimum absolute atomic E-state index is 0.00838. The van der Waals surface area contributed by atoms with E-state index in [9.17, 15) is 4.79 Å². The molecule has 5 nitrogen and oxygen atoms in total. The number of pyridine rings is 2. The molecule has 0 aromatic carbocycles. The van der Waals surface area contributed by atoms with Crippen LogP contribution < -0.4 is 5.32 Å². The molecule has 0 aliphatic rings. The molecular formula is C18H24N4O. The number of hydrogen-bond donors (Lipinski definition) is 1. The van der Waals surface area contributed by atoms with Crippen molar-refractivity contribution in [2.45, 2.75) is 20.3 Å². The topological polar surface area (TPSA) is 58.1 Å². The van der Waals surface area contributed by atoms with Crippen LogP contribution in [0.25, 0.3) is 0 Å². The average Bonchev–Trinajstić information content (AvgIpc) is 2.58. The molecule has 0 atom stereocenters. The third kappa shape index (κ3) is 5.36. The van der Waals surface area contributed by atoms with Crippen LogP contribution in [0, 0.1) is 5.92 Å². The second-order valence-corrected chi connectivity index (χ2v) is 6.04. The predicted molar refractivity (Wildman–Crippen MR) is 92.5 cm³/mol. The second kappa shape index (κ2) is 8.27. The summed E-state index contributed by atoms with van der Waals surface area (Å²) in [5.74, 6) is 1.28. The Morgan fingerprint density at radius 3 is 2.65 bits per heavy atom. The summed E-state index contributed by atoms with van der Waals surface area (Å²) in [4.78, 5) is 22.5. The van der Waals surface area contributed by atoms with Gasteiger partial charge >= 0.3 is 0 Å². The summed E-state index contributed by atoms with van der Waals surface area (Å²) in [6, 6.07) is 7.51. The van der Waals surface area contributed by atoms with Gasteiger partial charge in [0.2, 0.25) is 0 Å². The van der Waals surface area contributed by atoms with E-state index in [2.05, 4.69) is 29.1 Å². The smallest absolute Gasteiger partial charge is 0.253 e. The van der Waals surface area contributed by atoms with Crippen LogP contribution in [-0.2, 0) is 6.42 Å². The van der Waals surface area contributed by atoms with Crippen LogP contribution in [0.4, 0.5) is 5.82 Å². The summed E-state index contributed by atoms with van der Waals surface area (Å²) in [7, 11) is 1.82. The van der Waals surface area contributed by atoms with E-state index >= 15 is 0 Å². The van der Waals surface area contributed by atoms with Crippen molar-refractivity contribution in [3.8, 4) is 0 Å². The van der Waals surface area contributed by atoms with Gasteiger partial charge in [-0.15, -0.1) is 0 Å². The Hall–Kier alpha value is -2.43. The number of amides is 1. The van der Waals surface area contributed by atoms with E-state index in [4.69, 9.17) is 0 Å². The first-order valence-corrected chi connectivity index (χ1v) is 7.90. The molecule has 0 fully saturated rings. The van der Waals surface area contributed by atoms with Gasteiger partial charge in [0, 0.05) is 44.3 Å². The molecule has 0 saturated heterocycles. The van der Waals surface area contributed by atoms with Crippen LogP contribution in [0.3, 0.4) is 0 Å². The lowest BCUT2D eigenvalue weighted by Crippen LogP contribution is -2.29. The molecule has 0 bridgehead atoms. The van der Waals surface area contributed by atoms with E-state index < -0.39 is 0 Å². The Morgan fingerprint density at radius 1 is 1.22 bits per heavy atom. The number of hydrogen-bond acceptors (Lipinski definition) is 4. The number of aromatic nitrogens is 2. The minimum Gasteiger partial charge on any atom is -0.370 e. The summed E-state index contributed by atoms with van der Waals surface area (Å²) >= 11 is 0. The zero-order chi connectivity index (χ0) is 16.7. The van der Waals surface area contributed by atoms with Crippen molar-refractivity contribution in [3.05, 3.63) is 54.0 Å². The zero-order valence-corrected chi connectivity index (χ0v) is 14.0. The Bertz CT molecular complexity index is 628. The molecule has 2 rings (SSSR count). The van der Waals surface area contributed by atoms with E-state index in [-0.39, 0.29) is 5.91 Å². The summed E-state index contributed by atoms with van der Waals surface area (Å²) < 4.78 is 0. The van der Waals surface area contributed by atoms with Crippen molar-refractivity contribution in [3.63, 3.8) is 0 Å². The van der Waals surface area contributed by atoms with Crippen molar-refractivity contribution in [2.75, 3.05) is 25.5 Å². The van der Waals surface area contributed by atoms with Gasteiger partial charge < -0.3 is 10.2 Å². The number of rotatable bonds is 7. The van der Waals surface area contributed by atoms with E-state index in [1.165, 1.54) is 5.56 Å². The summed E-state index contributed by atoms with van der Waals surface area (Å²) in [6.07, 6.45) is 6.03. The van der Waals surface area contributed by atoms with Crippen molar-refractivity contribution in [2.24, 2.45) is 5.92 Å². The van der Waals surface area contributed by atoms with Gasteiger partial charge in [-0.3, -0.25) is 9.78 Å². The van der Waals surface area contributed by atoms with Crippen molar-refractivity contribution in [1.82, 2.24) is 14.9 Å². The second-order valence-electron chi connectivity index (χ2n) is 6.04. The van der Waals surface area contributed by atoms with Crippen LogP contribution in [0.1, 0.15) is 29.8 Å². The van der Waals surface area contributed by atoms with Gasteiger partial charge in [-0.2, -0.15) is 0 Å². The first-order chi connectivity index (χ1) is 11.1. The molecule has 2 heterocycles. The largest absolute Gasteiger partial charge is 0.370 e. The van der Waals surface area contributed by atoms with Crippen molar-refractivity contribution >= 4 is 11.7 Å². The van der Waals surface area contributed by atoms with Gasteiger partial charge in [-0.25, -0.2) is 4.98 Å². The predicted octanol–water partition coefficient (Wildman–Crippen LogP) is 2.86. The first-order valence-electron chi connectivity index (χ1n) is 7.90. The van der Waals surface area contributed by atoms with Crippen LogP contribution >= 0.6 is 0 Å². The normalized spacial score (nSPS) is 10.6. The monoisotopic (exact) mass is 312 g/mol. The van der Waals surface area contributed by atoms with Gasteiger partial charge in [0.1, 0.15) is 5.82 Å². The van der Waals surface area contributed by atoms with Crippen LogP contribution in [-0.4, -0.2) is 40.9 Å². The van der Waals surface area contributed by atoms with Gasteiger partial charge in [-0.1, -0.05) is 13.8 Å². The highest BCUT2D eigenvalue weighted by Gasteiger charge is 2.12. The van der Waals surface area contributed by atoms with Crippen LogP contribution in [0.15, 0.2) is 42.9 Å². The van der Waals surface area contributed by atoms with E-state index in [0.29, 0.717) is 18.0 Å². The SMILES string of the molecule is CC(C)CNc1cc(C(=O)N(C)CCc2ccncc2)ccn1. The summed E-state index contributed by atoms with van der Waals surface area (Å²) in [6.45, 7) is 5.77. The van der Waals surface area contributed by atoms with Gasteiger partial charge in [0.25, 0.3) is 5.91 Å². The van der Waals surface area contributed by atoms with Gasteiger partial charge in [0.05, 0.1) is 0 Å². The standard InChI is InChI=1S/C18H24N4O/c1-14(2)13-21-17-12-16(6-10-20-17)18(23)22(3)11-7-15-4-8-19-9-5-15/h4-6,8-10,12,14H,7,11,13H2,1-3H3,(H,20,21). The Balaban J connectivity index is 1.94. The molecular weight excluding hydrogens is 288 g/mol. The molecule has 2 aromatic rings. The van der Waals surface area contributed by atoms with Gasteiger partial charge in [-0.05, 0) is 42.2 Å². The molecule has 0 spiro atoms. The fourth-order valence-electron chi connectivity index (χ4n) is 2.14. The molecule has 1 amide bonds. The van der Waals surface area contributed by atoms with E-state index in [1.54, 1.807) is 29.6 Å². The molecule has 0 aliphatic carbocycles. The quantitative estimate of drug-likeness (QED) is 0.854. The number of anilines is 1. The highest BCUT2D eigenvalue weighted by Crippen LogP contribution is 2.10. The number of nitrogens with one attached hydrogen (secondary N) is 1. The van der Waals surface area contributed by atoms with E-state index in [1.807, 2.05) is 25.2 Å². The molecule has 5 heteroatoms. The Kier molecular flexibility index (Phi) is 6.09. The summed E-state index contributed by atoms with van der Waals surface area (Å²) in [5, 5.41) is 3.25. The van der Waals surface area contributed by atoms with Crippen LogP contribution in [0.2, 0.25) is 0 Å². The first kappa shape index (κ1) is 16.9. The van der Waals surface area contributed by atoms with Crippen LogP contribution in [0.5, 0.6) is 0 Å². The number of nitrogens with zero attached hydrogens (tertiary/aromatic N) is 3. The molecule has 0 saturated carbocycles. The lowest BCUT2D eigenvalue weighted by atomic mass is 10.1. The molecule has 122 valence electrons. The Labute approximate surface area is 137 Å². The fourth-order valence-corrected chi connectivity index (χ4v) is 2.14. The molecule has 23 heavy (non-hydrogen) atoms. The maximum atomic E-state index is 12.5. The zero-order valence-electron chi connectivity index (χ0n) is 14.0. The third-order valence-corrected chi connectivity index (χ3v) is 3.53. The molecule has 2 aromatic heterocycles. The van der Waals surface area contributed by atoms with E-state index in [0.717, 1.165) is 18.8 Å².